The molecule has 0 spiro atoms. The molecule has 1 fully saturated rings. The quantitative estimate of drug-likeness (QED) is 0.771. The van der Waals surface area contributed by atoms with Crippen LogP contribution in [0, 0.1) is 0 Å². The van der Waals surface area contributed by atoms with Crippen molar-refractivity contribution in [2.24, 2.45) is 0 Å². The molecule has 1 saturated heterocycles. The average Bonchev–Trinajstić information content (AvgIpc) is 2.75. The first-order valence-corrected chi connectivity index (χ1v) is 10.9. The van der Waals surface area contributed by atoms with E-state index in [4.69, 9.17) is 9.97 Å². The van der Waals surface area contributed by atoms with Crippen LogP contribution in [0.4, 0.5) is 5.95 Å². The van der Waals surface area contributed by atoms with E-state index >= 15 is 0 Å². The Kier molecular flexibility index (Phi) is 6.23. The van der Waals surface area contributed by atoms with E-state index < -0.39 is 0 Å². The fourth-order valence-electron chi connectivity index (χ4n) is 4.28. The van der Waals surface area contributed by atoms with Gasteiger partial charge in [0.2, 0.25) is 5.95 Å². The molecule has 0 amide bonds. The largest absolute Gasteiger partial charge is 0.338 e. The van der Waals surface area contributed by atoms with Crippen LogP contribution in [-0.4, -0.2) is 59.0 Å². The molecule has 28 heavy (non-hydrogen) atoms. The number of anilines is 1. The molecule has 3 heterocycles. The molecule has 2 aliphatic heterocycles. The van der Waals surface area contributed by atoms with Gasteiger partial charge < -0.3 is 4.90 Å². The van der Waals surface area contributed by atoms with Crippen LogP contribution in [0.2, 0.25) is 0 Å². The van der Waals surface area contributed by atoms with Gasteiger partial charge in [-0.15, -0.1) is 0 Å². The Morgan fingerprint density at radius 1 is 0.893 bits per heavy atom. The lowest BCUT2D eigenvalue weighted by atomic mass is 10.1. The van der Waals surface area contributed by atoms with Gasteiger partial charge in [-0.1, -0.05) is 38.1 Å². The van der Waals surface area contributed by atoms with Crippen molar-refractivity contribution >= 4 is 5.95 Å². The maximum Gasteiger partial charge on any atom is 0.225 e. The molecule has 5 nitrogen and oxygen atoms in total. The molecule has 0 atom stereocenters. The van der Waals surface area contributed by atoms with E-state index in [2.05, 4.69) is 59.0 Å². The Labute approximate surface area is 169 Å². The highest BCUT2D eigenvalue weighted by Crippen LogP contribution is 2.21. The van der Waals surface area contributed by atoms with Gasteiger partial charge in [0.25, 0.3) is 0 Å². The van der Waals surface area contributed by atoms with Gasteiger partial charge in [-0.25, -0.2) is 9.97 Å². The number of piperazine rings is 1. The summed E-state index contributed by atoms with van der Waals surface area (Å²) in [6.07, 6.45) is 5.43. The van der Waals surface area contributed by atoms with Crippen molar-refractivity contribution in [2.75, 3.05) is 44.2 Å². The topological polar surface area (TPSA) is 35.5 Å². The van der Waals surface area contributed by atoms with Crippen molar-refractivity contribution in [2.45, 2.75) is 46.2 Å². The molecule has 4 rings (SSSR count). The van der Waals surface area contributed by atoms with Gasteiger partial charge in [0, 0.05) is 64.0 Å². The Morgan fingerprint density at radius 2 is 1.64 bits per heavy atom. The number of nitrogens with zero attached hydrogens (tertiary/aromatic N) is 5. The Morgan fingerprint density at radius 3 is 2.36 bits per heavy atom. The van der Waals surface area contributed by atoms with Gasteiger partial charge in [-0.05, 0) is 30.5 Å². The fourth-order valence-corrected chi connectivity index (χ4v) is 4.28. The number of hydrogen-bond donors (Lipinski definition) is 0. The second kappa shape index (κ2) is 9.01. The van der Waals surface area contributed by atoms with Crippen molar-refractivity contribution in [1.29, 1.82) is 0 Å². The summed E-state index contributed by atoms with van der Waals surface area (Å²) in [5.74, 6) is 0.929. The van der Waals surface area contributed by atoms with Crippen LogP contribution in [0.3, 0.4) is 0 Å². The normalized spacial score (nSPS) is 18.3. The molecule has 150 valence electrons. The highest BCUT2D eigenvalue weighted by molar-refractivity contribution is 5.35. The summed E-state index contributed by atoms with van der Waals surface area (Å²) in [4.78, 5) is 17.1. The molecule has 0 N–H and O–H groups in total. The third-order valence-corrected chi connectivity index (χ3v) is 6.03. The number of rotatable bonds is 6. The third-order valence-electron chi connectivity index (χ3n) is 6.03. The van der Waals surface area contributed by atoms with E-state index in [-0.39, 0.29) is 0 Å². The van der Waals surface area contributed by atoms with Crippen LogP contribution in [0.25, 0.3) is 0 Å². The second-order valence-electron chi connectivity index (χ2n) is 8.10. The minimum Gasteiger partial charge on any atom is -0.338 e. The number of fused-ring (bicyclic) bond motifs is 1. The van der Waals surface area contributed by atoms with E-state index in [9.17, 15) is 0 Å². The summed E-state index contributed by atoms with van der Waals surface area (Å²) < 4.78 is 0. The minimum absolute atomic E-state index is 0.929. The van der Waals surface area contributed by atoms with E-state index in [0.717, 1.165) is 64.6 Å². The first-order valence-electron chi connectivity index (χ1n) is 10.9. The van der Waals surface area contributed by atoms with Gasteiger partial charge in [0.05, 0.1) is 5.69 Å². The third kappa shape index (κ3) is 4.53. The summed E-state index contributed by atoms with van der Waals surface area (Å²) in [5.41, 5.74) is 5.34. The van der Waals surface area contributed by atoms with E-state index in [1.165, 1.54) is 35.3 Å². The Balaban J connectivity index is 1.36. The van der Waals surface area contributed by atoms with Gasteiger partial charge in [-0.2, -0.15) is 0 Å². The van der Waals surface area contributed by atoms with E-state index in [1.54, 1.807) is 0 Å². The van der Waals surface area contributed by atoms with Crippen LogP contribution in [0.5, 0.6) is 0 Å². The van der Waals surface area contributed by atoms with Gasteiger partial charge in [0.1, 0.15) is 0 Å². The molecule has 0 bridgehead atoms. The van der Waals surface area contributed by atoms with E-state index in [1.807, 2.05) is 0 Å². The molecular weight excluding hydrogens is 346 g/mol. The lowest BCUT2D eigenvalue weighted by molar-refractivity contribution is 0.242. The van der Waals surface area contributed by atoms with Gasteiger partial charge in [0.15, 0.2) is 0 Å². The molecule has 0 radical (unpaired) electrons. The van der Waals surface area contributed by atoms with Gasteiger partial charge >= 0.3 is 0 Å². The summed E-state index contributed by atoms with van der Waals surface area (Å²) in [5, 5.41) is 0. The zero-order valence-electron chi connectivity index (χ0n) is 17.4. The summed E-state index contributed by atoms with van der Waals surface area (Å²) in [7, 11) is 0. The monoisotopic (exact) mass is 379 g/mol. The van der Waals surface area contributed by atoms with E-state index in [0.29, 0.717) is 0 Å². The van der Waals surface area contributed by atoms with Crippen LogP contribution < -0.4 is 4.90 Å². The molecular formula is C23H33N5. The fraction of sp³-hybridized carbons (Fsp3) is 0.565. The molecule has 2 aromatic rings. The number of aromatic nitrogens is 2. The first kappa shape index (κ1) is 19.3. The zero-order valence-corrected chi connectivity index (χ0v) is 17.4. The first-order chi connectivity index (χ1) is 13.7. The molecule has 5 heteroatoms. The molecule has 0 saturated carbocycles. The maximum absolute atomic E-state index is 4.94. The summed E-state index contributed by atoms with van der Waals surface area (Å²) >= 11 is 0. The van der Waals surface area contributed by atoms with Gasteiger partial charge in [-0.3, -0.25) is 9.80 Å². The molecule has 1 aromatic carbocycles. The number of aryl methyl sites for hydroxylation is 1. The minimum atomic E-state index is 0.929. The number of hydrogen-bond acceptors (Lipinski definition) is 5. The molecule has 1 aromatic heterocycles. The lowest BCUT2D eigenvalue weighted by Gasteiger charge is -2.35. The average molecular weight is 380 g/mol. The van der Waals surface area contributed by atoms with Crippen LogP contribution in [-0.2, 0) is 25.9 Å². The van der Waals surface area contributed by atoms with Crippen LogP contribution in [0.1, 0.15) is 42.7 Å². The van der Waals surface area contributed by atoms with Crippen LogP contribution in [0.15, 0.2) is 30.5 Å². The second-order valence-corrected chi connectivity index (χ2v) is 8.10. The molecule has 2 aliphatic rings. The summed E-state index contributed by atoms with van der Waals surface area (Å²) in [6.45, 7) is 13.0. The SMILES string of the molecule is CCCN1CCN(c2ncc3c(n2)CCN(Cc2ccc(CC)cc2)C3)CC1. The van der Waals surface area contributed by atoms with Crippen molar-refractivity contribution in [3.8, 4) is 0 Å². The van der Waals surface area contributed by atoms with Crippen molar-refractivity contribution in [3.05, 3.63) is 52.8 Å². The Bertz CT molecular complexity index is 765. The predicted octanol–water partition coefficient (Wildman–Crippen LogP) is 3.13. The van der Waals surface area contributed by atoms with Crippen LogP contribution >= 0.6 is 0 Å². The molecule has 0 aliphatic carbocycles. The summed E-state index contributed by atoms with van der Waals surface area (Å²) in [6, 6.07) is 9.05. The number of benzene rings is 1. The maximum atomic E-state index is 4.94. The smallest absolute Gasteiger partial charge is 0.225 e. The predicted molar refractivity (Wildman–Crippen MR) is 115 cm³/mol. The van der Waals surface area contributed by atoms with Crippen molar-refractivity contribution < 1.29 is 0 Å². The highest BCUT2D eigenvalue weighted by Gasteiger charge is 2.22. The van der Waals surface area contributed by atoms with Crippen molar-refractivity contribution in [3.63, 3.8) is 0 Å². The standard InChI is InChI=1S/C23H33N5/c1-3-10-26-12-14-28(15-13-26)23-24-16-21-18-27(11-9-22(21)25-23)17-20-7-5-19(4-2)6-8-20/h5-8,16H,3-4,9-15,17-18H2,1-2H3. The molecule has 0 unspecified atom stereocenters. The lowest BCUT2D eigenvalue weighted by Crippen LogP contribution is -2.47. The highest BCUT2D eigenvalue weighted by atomic mass is 15.3. The zero-order chi connectivity index (χ0) is 19.3. The van der Waals surface area contributed by atoms with Crippen molar-refractivity contribution in [1.82, 2.24) is 19.8 Å². The Hall–Kier alpha value is -1.98.